The quantitative estimate of drug-likeness (QED) is 0.758. The van der Waals surface area contributed by atoms with Crippen LogP contribution < -0.4 is 10.2 Å². The molecule has 2 N–H and O–H groups in total. The highest BCUT2D eigenvalue weighted by Crippen LogP contribution is 2.33. The van der Waals surface area contributed by atoms with E-state index in [9.17, 15) is 9.90 Å². The van der Waals surface area contributed by atoms with E-state index < -0.39 is 5.60 Å². The van der Waals surface area contributed by atoms with Crippen LogP contribution in [0.1, 0.15) is 15.9 Å². The van der Waals surface area contributed by atoms with Crippen molar-refractivity contribution in [3.63, 3.8) is 0 Å². The molecule has 1 aromatic rings. The van der Waals surface area contributed by atoms with Crippen LogP contribution in [0.3, 0.4) is 0 Å². The first-order chi connectivity index (χ1) is 9.23. The van der Waals surface area contributed by atoms with Crippen molar-refractivity contribution in [3.05, 3.63) is 29.3 Å². The first-order valence-corrected chi connectivity index (χ1v) is 6.58. The van der Waals surface area contributed by atoms with Crippen LogP contribution in [0.15, 0.2) is 18.2 Å². The summed E-state index contributed by atoms with van der Waals surface area (Å²) in [6.45, 7) is 4.23. The zero-order chi connectivity index (χ0) is 13.3. The summed E-state index contributed by atoms with van der Waals surface area (Å²) < 4.78 is 5.09. The molecule has 0 saturated carbocycles. The number of aliphatic hydroxyl groups is 1. The molecule has 1 aromatic carbocycles. The van der Waals surface area contributed by atoms with Gasteiger partial charge in [0, 0.05) is 37.4 Å². The largest absolute Gasteiger partial charge is 0.380 e. The minimum absolute atomic E-state index is 0.328. The van der Waals surface area contributed by atoms with Gasteiger partial charge in [-0.15, -0.1) is 0 Å². The van der Waals surface area contributed by atoms with Gasteiger partial charge in [-0.1, -0.05) is 6.07 Å². The maximum atomic E-state index is 11.2. The van der Waals surface area contributed by atoms with Crippen molar-refractivity contribution < 1.29 is 14.6 Å². The maximum Gasteiger partial charge on any atom is 0.152 e. The van der Waals surface area contributed by atoms with Crippen molar-refractivity contribution in [2.75, 3.05) is 44.3 Å². The van der Waals surface area contributed by atoms with Crippen LogP contribution in [0.25, 0.3) is 0 Å². The second-order valence-corrected chi connectivity index (χ2v) is 5.15. The normalized spacial score (nSPS) is 21.8. The summed E-state index contributed by atoms with van der Waals surface area (Å²) in [4.78, 5) is 13.4. The average Bonchev–Trinajstić information content (AvgIpc) is 2.45. The number of hydrogen-bond acceptors (Lipinski definition) is 5. The minimum Gasteiger partial charge on any atom is -0.380 e. The highest BCUT2D eigenvalue weighted by Gasteiger charge is 2.38. The number of piperazine rings is 1. The summed E-state index contributed by atoms with van der Waals surface area (Å²) in [6.07, 6.45) is 0.877. The van der Waals surface area contributed by atoms with Crippen LogP contribution in [0, 0.1) is 0 Å². The van der Waals surface area contributed by atoms with Crippen LogP contribution >= 0.6 is 0 Å². The second-order valence-electron chi connectivity index (χ2n) is 5.15. The molecule has 0 bridgehead atoms. The zero-order valence-electron chi connectivity index (χ0n) is 10.8. The Hall–Kier alpha value is -1.43. The van der Waals surface area contributed by atoms with E-state index in [1.807, 2.05) is 12.1 Å². The first kappa shape index (κ1) is 12.6. The van der Waals surface area contributed by atoms with E-state index in [0.717, 1.165) is 43.7 Å². The average molecular weight is 262 g/mol. The van der Waals surface area contributed by atoms with Gasteiger partial charge >= 0.3 is 0 Å². The van der Waals surface area contributed by atoms with E-state index in [1.54, 1.807) is 6.07 Å². The number of nitrogens with one attached hydrogen (secondary N) is 1. The number of nitrogens with zero attached hydrogens (tertiary/aromatic N) is 1. The molecule has 0 aliphatic carbocycles. The Morgan fingerprint density at radius 3 is 2.63 bits per heavy atom. The number of rotatable bonds is 3. The van der Waals surface area contributed by atoms with Crippen LogP contribution in [-0.4, -0.2) is 50.8 Å². The molecule has 0 spiro atoms. The maximum absolute atomic E-state index is 11.2. The molecule has 5 heteroatoms. The highest BCUT2D eigenvalue weighted by atomic mass is 16.5. The Labute approximate surface area is 112 Å². The molecule has 0 atom stereocenters. The van der Waals surface area contributed by atoms with E-state index in [4.69, 9.17) is 4.74 Å². The number of benzene rings is 1. The SMILES string of the molecule is O=Cc1ccc(C2(O)COC2)cc1N1CCNCC1. The van der Waals surface area contributed by atoms with E-state index in [2.05, 4.69) is 10.2 Å². The van der Waals surface area contributed by atoms with Gasteiger partial charge in [-0.2, -0.15) is 0 Å². The third-order valence-electron chi connectivity index (χ3n) is 3.83. The number of hydrogen-bond donors (Lipinski definition) is 2. The number of ether oxygens (including phenoxy) is 1. The molecule has 2 aliphatic heterocycles. The van der Waals surface area contributed by atoms with Crippen LogP contribution in [0.5, 0.6) is 0 Å². The fourth-order valence-corrected chi connectivity index (χ4v) is 2.57. The van der Waals surface area contributed by atoms with Gasteiger partial charge < -0.3 is 20.1 Å². The molecular weight excluding hydrogens is 244 g/mol. The standard InChI is InChI=1S/C14H18N2O3/c17-8-11-1-2-12(14(18)9-19-10-14)7-13(11)16-5-3-15-4-6-16/h1-2,7-8,15,18H,3-6,9-10H2. The molecule has 0 amide bonds. The van der Waals surface area contributed by atoms with Gasteiger partial charge in [-0.05, 0) is 17.7 Å². The van der Waals surface area contributed by atoms with Gasteiger partial charge in [0.15, 0.2) is 6.29 Å². The van der Waals surface area contributed by atoms with Crippen molar-refractivity contribution in [2.24, 2.45) is 0 Å². The fraction of sp³-hybridized carbons (Fsp3) is 0.500. The Kier molecular flexibility index (Phi) is 3.26. The van der Waals surface area contributed by atoms with Crippen LogP contribution in [0.4, 0.5) is 5.69 Å². The molecular formula is C14H18N2O3. The fourth-order valence-electron chi connectivity index (χ4n) is 2.57. The lowest BCUT2D eigenvalue weighted by molar-refractivity contribution is -0.184. The summed E-state index contributed by atoms with van der Waals surface area (Å²) in [5, 5.41) is 13.6. The van der Waals surface area contributed by atoms with Crippen LogP contribution in [-0.2, 0) is 10.3 Å². The van der Waals surface area contributed by atoms with Gasteiger partial charge in [0.25, 0.3) is 0 Å². The minimum atomic E-state index is -0.885. The van der Waals surface area contributed by atoms with Gasteiger partial charge in [0.05, 0.1) is 13.2 Å². The second kappa shape index (κ2) is 4.92. The van der Waals surface area contributed by atoms with Gasteiger partial charge in [-0.25, -0.2) is 0 Å². The molecule has 2 saturated heterocycles. The van der Waals surface area contributed by atoms with Crippen molar-refractivity contribution >= 4 is 12.0 Å². The summed E-state index contributed by atoms with van der Waals surface area (Å²) in [7, 11) is 0. The molecule has 5 nitrogen and oxygen atoms in total. The van der Waals surface area contributed by atoms with Gasteiger partial charge in [-0.3, -0.25) is 4.79 Å². The molecule has 2 fully saturated rings. The smallest absolute Gasteiger partial charge is 0.152 e. The van der Waals surface area contributed by atoms with Crippen molar-refractivity contribution in [2.45, 2.75) is 5.60 Å². The predicted octanol–water partition coefficient (Wildman–Crippen LogP) is 0.126. The van der Waals surface area contributed by atoms with E-state index in [0.29, 0.717) is 18.8 Å². The van der Waals surface area contributed by atoms with Crippen molar-refractivity contribution in [3.8, 4) is 0 Å². The Morgan fingerprint density at radius 1 is 1.32 bits per heavy atom. The summed E-state index contributed by atoms with van der Waals surface area (Å²) in [5.41, 5.74) is 1.53. The molecule has 0 unspecified atom stereocenters. The predicted molar refractivity (Wildman–Crippen MR) is 71.6 cm³/mol. The molecule has 102 valence electrons. The van der Waals surface area contributed by atoms with Crippen molar-refractivity contribution in [1.82, 2.24) is 5.32 Å². The summed E-state index contributed by atoms with van der Waals surface area (Å²) >= 11 is 0. The molecule has 0 aromatic heterocycles. The topological polar surface area (TPSA) is 61.8 Å². The summed E-state index contributed by atoms with van der Waals surface area (Å²) in [6, 6.07) is 5.53. The number of aldehydes is 1. The zero-order valence-corrected chi connectivity index (χ0v) is 10.8. The van der Waals surface area contributed by atoms with Crippen LogP contribution in [0.2, 0.25) is 0 Å². The lowest BCUT2D eigenvalue weighted by Gasteiger charge is -2.38. The van der Waals surface area contributed by atoms with E-state index in [1.165, 1.54) is 0 Å². The lowest BCUT2D eigenvalue weighted by Crippen LogP contribution is -2.47. The van der Waals surface area contributed by atoms with Gasteiger partial charge in [0.2, 0.25) is 0 Å². The van der Waals surface area contributed by atoms with E-state index >= 15 is 0 Å². The first-order valence-electron chi connectivity index (χ1n) is 6.58. The number of carbonyl (C=O) groups excluding carboxylic acids is 1. The lowest BCUT2D eigenvalue weighted by atomic mass is 9.90. The van der Waals surface area contributed by atoms with Crippen molar-refractivity contribution in [1.29, 1.82) is 0 Å². The third-order valence-corrected chi connectivity index (χ3v) is 3.83. The molecule has 2 aliphatic rings. The van der Waals surface area contributed by atoms with E-state index in [-0.39, 0.29) is 0 Å². The summed E-state index contributed by atoms with van der Waals surface area (Å²) in [5.74, 6) is 0. The molecule has 2 heterocycles. The number of anilines is 1. The third kappa shape index (κ3) is 2.25. The Balaban J connectivity index is 1.95. The highest BCUT2D eigenvalue weighted by molar-refractivity contribution is 5.85. The molecule has 0 radical (unpaired) electrons. The molecule has 3 rings (SSSR count). The van der Waals surface area contributed by atoms with Gasteiger partial charge in [0.1, 0.15) is 5.60 Å². The Bertz CT molecular complexity index is 480. The number of carbonyl (C=O) groups is 1. The monoisotopic (exact) mass is 262 g/mol. The molecule has 19 heavy (non-hydrogen) atoms. The Morgan fingerprint density at radius 2 is 2.05 bits per heavy atom.